The van der Waals surface area contributed by atoms with Gasteiger partial charge in [-0.25, -0.2) is 9.18 Å². The molecule has 1 N–H and O–H groups in total. The van der Waals surface area contributed by atoms with Crippen molar-refractivity contribution in [3.05, 3.63) is 66.2 Å². The molecule has 1 aliphatic carbocycles. The Morgan fingerprint density at radius 1 is 1.12 bits per heavy atom. The number of rotatable bonds is 5. The number of ether oxygens (including phenoxy) is 1. The average molecular weight is 448 g/mol. The number of anilines is 2. The number of halogens is 1. The first kappa shape index (κ1) is 21.3. The second-order valence-corrected chi connectivity index (χ2v) is 8.85. The summed E-state index contributed by atoms with van der Waals surface area (Å²) in [7, 11) is 0. The van der Waals surface area contributed by atoms with E-state index in [1.54, 1.807) is 35.4 Å². The summed E-state index contributed by atoms with van der Waals surface area (Å²) in [5.41, 5.74) is 2.18. The van der Waals surface area contributed by atoms with Crippen LogP contribution in [0.4, 0.5) is 20.7 Å². The van der Waals surface area contributed by atoms with Crippen molar-refractivity contribution in [3.8, 4) is 11.3 Å². The molecule has 170 valence electrons. The van der Waals surface area contributed by atoms with Crippen LogP contribution >= 0.6 is 0 Å². The number of aryl methyl sites for hydroxylation is 1. The van der Waals surface area contributed by atoms with Gasteiger partial charge in [0.1, 0.15) is 17.2 Å². The van der Waals surface area contributed by atoms with Gasteiger partial charge in [0.2, 0.25) is 0 Å². The Morgan fingerprint density at radius 3 is 2.67 bits per heavy atom. The van der Waals surface area contributed by atoms with E-state index in [0.29, 0.717) is 29.5 Å². The Bertz CT molecular complexity index is 1150. The van der Waals surface area contributed by atoms with Gasteiger partial charge in [0, 0.05) is 18.3 Å². The van der Waals surface area contributed by atoms with Crippen LogP contribution in [0, 0.1) is 18.7 Å². The van der Waals surface area contributed by atoms with Gasteiger partial charge in [0.25, 0.3) is 0 Å². The van der Waals surface area contributed by atoms with Crippen LogP contribution in [0.15, 0.2) is 54.7 Å². The minimum Gasteiger partial charge on any atom is -0.441 e. The van der Waals surface area contributed by atoms with E-state index in [4.69, 9.17) is 4.74 Å². The first-order valence-electron chi connectivity index (χ1n) is 11.3. The molecule has 0 bridgehead atoms. The van der Waals surface area contributed by atoms with Crippen LogP contribution in [0.25, 0.3) is 11.3 Å². The normalized spacial score (nSPS) is 22.4. The number of carbonyl (C=O) groups is 1. The lowest BCUT2D eigenvalue weighted by atomic mass is 9.78. The van der Waals surface area contributed by atoms with Gasteiger partial charge in [-0.15, -0.1) is 10.2 Å². The minimum atomic E-state index is -0.420. The topological polar surface area (TPSA) is 80.2 Å². The summed E-state index contributed by atoms with van der Waals surface area (Å²) in [5, 5.41) is 11.7. The fraction of sp³-hybridized carbons (Fsp3) is 0.360. The Labute approximate surface area is 192 Å². The number of aromatic nitrogens is 3. The highest BCUT2D eigenvalue weighted by Crippen LogP contribution is 2.41. The highest BCUT2D eigenvalue weighted by molar-refractivity contribution is 5.90. The van der Waals surface area contributed by atoms with Gasteiger partial charge in [-0.2, -0.15) is 0 Å². The fourth-order valence-corrected chi connectivity index (χ4v) is 4.73. The van der Waals surface area contributed by atoms with Crippen molar-refractivity contribution in [3.63, 3.8) is 0 Å². The molecule has 2 aliphatic rings. The number of hydrogen-bond acceptors (Lipinski definition) is 6. The first-order valence-corrected chi connectivity index (χ1v) is 11.3. The zero-order valence-corrected chi connectivity index (χ0v) is 18.5. The second-order valence-electron chi connectivity index (χ2n) is 8.85. The Balaban J connectivity index is 1.15. The largest absolute Gasteiger partial charge is 0.441 e. The molecular weight excluding hydrogens is 421 g/mol. The number of nitrogens with zero attached hydrogens (tertiary/aromatic N) is 4. The monoisotopic (exact) mass is 447 g/mol. The van der Waals surface area contributed by atoms with Gasteiger partial charge in [0.15, 0.2) is 0 Å². The van der Waals surface area contributed by atoms with Crippen molar-refractivity contribution in [1.82, 2.24) is 15.2 Å². The summed E-state index contributed by atoms with van der Waals surface area (Å²) in [6.07, 6.45) is 5.03. The molecule has 0 atom stereocenters. The van der Waals surface area contributed by atoms with Crippen molar-refractivity contribution in [2.45, 2.75) is 38.2 Å². The number of benzene rings is 1. The minimum absolute atomic E-state index is 0.284. The molecule has 1 saturated carbocycles. The lowest BCUT2D eigenvalue weighted by molar-refractivity contribution is 0.0148. The molecule has 8 heteroatoms. The summed E-state index contributed by atoms with van der Waals surface area (Å²) >= 11 is 0. The van der Waals surface area contributed by atoms with E-state index in [0.717, 1.165) is 43.6 Å². The quantitative estimate of drug-likeness (QED) is 0.594. The van der Waals surface area contributed by atoms with Gasteiger partial charge >= 0.3 is 6.09 Å². The van der Waals surface area contributed by atoms with Crippen LogP contribution < -0.4 is 10.2 Å². The molecule has 3 heterocycles. The maximum atomic E-state index is 13.9. The molecule has 1 spiro atoms. The summed E-state index contributed by atoms with van der Waals surface area (Å²) < 4.78 is 19.8. The molecule has 3 aromatic rings. The summed E-state index contributed by atoms with van der Waals surface area (Å²) in [6.45, 7) is 3.24. The van der Waals surface area contributed by atoms with Gasteiger partial charge in [0.05, 0.1) is 23.6 Å². The number of carbonyl (C=O) groups excluding carboxylic acids is 1. The Kier molecular flexibility index (Phi) is 5.66. The van der Waals surface area contributed by atoms with E-state index in [1.165, 1.54) is 6.07 Å². The number of hydrogen-bond donors (Lipinski definition) is 1. The van der Waals surface area contributed by atoms with E-state index in [2.05, 4.69) is 20.5 Å². The Morgan fingerprint density at radius 2 is 1.94 bits per heavy atom. The van der Waals surface area contributed by atoms with Crippen LogP contribution in [-0.2, 0) is 4.74 Å². The fourth-order valence-electron chi connectivity index (χ4n) is 4.73. The lowest BCUT2D eigenvalue weighted by Crippen LogP contribution is -2.39. The van der Waals surface area contributed by atoms with Crippen LogP contribution in [0.5, 0.6) is 0 Å². The van der Waals surface area contributed by atoms with Crippen LogP contribution in [-0.4, -0.2) is 40.0 Å². The van der Waals surface area contributed by atoms with E-state index in [-0.39, 0.29) is 11.9 Å². The second kappa shape index (κ2) is 8.77. The molecule has 0 radical (unpaired) electrons. The maximum absolute atomic E-state index is 13.9. The number of amides is 1. The summed E-state index contributed by atoms with van der Waals surface area (Å²) in [5.74, 6) is 0.811. The smallest absolute Gasteiger partial charge is 0.415 e. The van der Waals surface area contributed by atoms with Crippen LogP contribution in [0.2, 0.25) is 0 Å². The molecular formula is C25H26FN5O2. The third-order valence-electron chi connectivity index (χ3n) is 6.64. The molecule has 2 aromatic heterocycles. The zero-order valence-electron chi connectivity index (χ0n) is 18.5. The standard InChI is InChI=1S/C25H26FN5O2/c1-17-22(7-4-14-27-17)31-16-25(33-24(31)32)12-10-18(11-13-25)15-28-23-9-8-21(29-30-23)19-5-2-3-6-20(19)26/h2-9,14,18H,10-13,15-16H2,1H3,(H,28,30). The maximum Gasteiger partial charge on any atom is 0.415 e. The molecule has 1 aromatic carbocycles. The van der Waals surface area contributed by atoms with Crippen LogP contribution in [0.1, 0.15) is 31.4 Å². The zero-order chi connectivity index (χ0) is 22.8. The first-order chi connectivity index (χ1) is 16.0. The van der Waals surface area contributed by atoms with Gasteiger partial charge in [-0.1, -0.05) is 12.1 Å². The van der Waals surface area contributed by atoms with E-state index in [1.807, 2.05) is 25.1 Å². The molecule has 0 unspecified atom stereocenters. The van der Waals surface area contributed by atoms with Gasteiger partial charge in [-0.05, 0) is 74.9 Å². The summed E-state index contributed by atoms with van der Waals surface area (Å²) in [6, 6.07) is 13.9. The Hall–Kier alpha value is -3.55. The molecule has 1 aliphatic heterocycles. The van der Waals surface area contributed by atoms with Crippen molar-refractivity contribution in [1.29, 1.82) is 0 Å². The van der Waals surface area contributed by atoms with E-state index in [9.17, 15) is 9.18 Å². The van der Waals surface area contributed by atoms with Crippen molar-refractivity contribution in [2.24, 2.45) is 5.92 Å². The third kappa shape index (κ3) is 4.37. The molecule has 2 fully saturated rings. The lowest BCUT2D eigenvalue weighted by Gasteiger charge is -2.35. The number of pyridine rings is 1. The van der Waals surface area contributed by atoms with Crippen molar-refractivity contribution in [2.75, 3.05) is 23.3 Å². The SMILES string of the molecule is Cc1ncccc1N1CC2(CCC(CNc3ccc(-c4ccccc4F)nn3)CC2)OC1=O. The van der Waals surface area contributed by atoms with Crippen molar-refractivity contribution < 1.29 is 13.9 Å². The summed E-state index contributed by atoms with van der Waals surface area (Å²) in [4.78, 5) is 18.6. The third-order valence-corrected chi connectivity index (χ3v) is 6.64. The molecule has 1 saturated heterocycles. The van der Waals surface area contributed by atoms with E-state index >= 15 is 0 Å². The molecule has 7 nitrogen and oxygen atoms in total. The molecule has 1 amide bonds. The van der Waals surface area contributed by atoms with Gasteiger partial charge < -0.3 is 10.1 Å². The van der Waals surface area contributed by atoms with E-state index < -0.39 is 5.60 Å². The predicted molar refractivity (Wildman–Crippen MR) is 123 cm³/mol. The van der Waals surface area contributed by atoms with Crippen molar-refractivity contribution >= 4 is 17.6 Å². The highest BCUT2D eigenvalue weighted by atomic mass is 19.1. The average Bonchev–Trinajstić information content (AvgIpc) is 3.15. The molecule has 5 rings (SSSR count). The predicted octanol–water partition coefficient (Wildman–Crippen LogP) is 4.98. The van der Waals surface area contributed by atoms with Crippen LogP contribution in [0.3, 0.4) is 0 Å². The molecule has 33 heavy (non-hydrogen) atoms. The highest BCUT2D eigenvalue weighted by Gasteiger charge is 2.47. The van der Waals surface area contributed by atoms with Gasteiger partial charge in [-0.3, -0.25) is 9.88 Å². The number of nitrogens with one attached hydrogen (secondary N) is 1.